The molecule has 1 aromatic heterocycles. The molecule has 0 saturated carbocycles. The molecule has 0 saturated heterocycles. The van der Waals surface area contributed by atoms with Crippen molar-refractivity contribution in [2.75, 3.05) is 0 Å². The molecule has 0 amide bonds. The molecule has 0 bridgehead atoms. The highest BCUT2D eigenvalue weighted by atomic mass is 35.5. The molecule has 1 heterocycles. The number of hydrogen-bond acceptors (Lipinski definition) is 2. The zero-order chi connectivity index (χ0) is 12.4. The number of aliphatic hydroxyl groups excluding tert-OH is 1. The Morgan fingerprint density at radius 3 is 2.71 bits per heavy atom. The van der Waals surface area contributed by atoms with Crippen LogP contribution >= 0.6 is 23.2 Å². The van der Waals surface area contributed by atoms with Gasteiger partial charge in [-0.25, -0.2) is 4.98 Å². The first-order chi connectivity index (χ1) is 8.13. The summed E-state index contributed by atoms with van der Waals surface area (Å²) in [6.45, 7) is -0.210. The predicted octanol–water partition coefficient (Wildman–Crippen LogP) is 3.69. The van der Waals surface area contributed by atoms with Crippen LogP contribution in [0.1, 0.15) is 5.56 Å². The van der Waals surface area contributed by atoms with Crippen molar-refractivity contribution in [2.24, 2.45) is 0 Å². The Morgan fingerprint density at radius 1 is 1.24 bits per heavy atom. The lowest BCUT2D eigenvalue weighted by Gasteiger charge is -2.07. The van der Waals surface area contributed by atoms with Crippen molar-refractivity contribution in [3.63, 3.8) is 0 Å². The van der Waals surface area contributed by atoms with Crippen molar-refractivity contribution in [3.05, 3.63) is 52.0 Å². The van der Waals surface area contributed by atoms with E-state index in [0.29, 0.717) is 16.1 Å². The maximum atomic E-state index is 13.6. The lowest BCUT2D eigenvalue weighted by Crippen LogP contribution is -1.94. The molecule has 0 aliphatic rings. The summed E-state index contributed by atoms with van der Waals surface area (Å²) in [4.78, 5) is 3.57. The molecule has 5 heteroatoms. The van der Waals surface area contributed by atoms with E-state index in [1.54, 1.807) is 18.2 Å². The molecule has 88 valence electrons. The van der Waals surface area contributed by atoms with Crippen molar-refractivity contribution < 1.29 is 9.50 Å². The second kappa shape index (κ2) is 5.00. The molecule has 2 nitrogen and oxygen atoms in total. The molecule has 0 radical (unpaired) electrons. The van der Waals surface area contributed by atoms with Gasteiger partial charge in [0.25, 0.3) is 0 Å². The van der Waals surface area contributed by atoms with Crippen LogP contribution in [0.2, 0.25) is 10.0 Å². The fraction of sp³-hybridized carbons (Fsp3) is 0.0833. The Bertz CT molecular complexity index is 560. The molecule has 0 atom stereocenters. The Balaban J connectivity index is 2.63. The number of aromatic nitrogens is 1. The first kappa shape index (κ1) is 12.3. The van der Waals surface area contributed by atoms with Gasteiger partial charge in [-0.3, -0.25) is 0 Å². The summed E-state index contributed by atoms with van der Waals surface area (Å²) in [6, 6.07) is 6.44. The minimum absolute atomic E-state index is 0.210. The molecule has 0 fully saturated rings. The summed E-state index contributed by atoms with van der Waals surface area (Å²) >= 11 is 11.9. The van der Waals surface area contributed by atoms with Gasteiger partial charge in [-0.2, -0.15) is 4.39 Å². The maximum Gasteiger partial charge on any atom is 0.220 e. The summed E-state index contributed by atoms with van der Waals surface area (Å²) in [6.07, 6.45) is 1.28. The molecule has 0 aliphatic carbocycles. The zero-order valence-corrected chi connectivity index (χ0v) is 10.1. The first-order valence-corrected chi connectivity index (χ1v) is 5.58. The summed E-state index contributed by atoms with van der Waals surface area (Å²) in [5.41, 5.74) is 1.20. The Kier molecular flexibility index (Phi) is 3.62. The van der Waals surface area contributed by atoms with Crippen molar-refractivity contribution in [1.82, 2.24) is 4.98 Å². The third-order valence-electron chi connectivity index (χ3n) is 2.32. The second-order valence-corrected chi connectivity index (χ2v) is 4.23. The van der Waals surface area contributed by atoms with Crippen LogP contribution in [-0.2, 0) is 6.61 Å². The van der Waals surface area contributed by atoms with Crippen molar-refractivity contribution in [3.8, 4) is 11.1 Å². The predicted molar refractivity (Wildman–Crippen MR) is 65.6 cm³/mol. The van der Waals surface area contributed by atoms with Gasteiger partial charge in [0.1, 0.15) is 0 Å². The minimum Gasteiger partial charge on any atom is -0.392 e. The molecule has 2 aromatic rings. The average Bonchev–Trinajstić information content (AvgIpc) is 2.34. The number of nitrogens with zero attached hydrogens (tertiary/aromatic N) is 1. The van der Waals surface area contributed by atoms with Gasteiger partial charge in [-0.1, -0.05) is 35.3 Å². The van der Waals surface area contributed by atoms with Gasteiger partial charge in [0.2, 0.25) is 5.95 Å². The van der Waals surface area contributed by atoms with Crippen LogP contribution in [0.3, 0.4) is 0 Å². The third kappa shape index (κ3) is 2.41. The Morgan fingerprint density at radius 2 is 2.00 bits per heavy atom. The highest BCUT2D eigenvalue weighted by Crippen LogP contribution is 2.34. The van der Waals surface area contributed by atoms with Crippen LogP contribution < -0.4 is 0 Å². The van der Waals surface area contributed by atoms with E-state index in [4.69, 9.17) is 28.3 Å². The smallest absolute Gasteiger partial charge is 0.220 e. The Hall–Kier alpha value is -1.16. The topological polar surface area (TPSA) is 33.1 Å². The largest absolute Gasteiger partial charge is 0.392 e. The van der Waals surface area contributed by atoms with Crippen LogP contribution in [0.4, 0.5) is 4.39 Å². The first-order valence-electron chi connectivity index (χ1n) is 4.83. The van der Waals surface area contributed by atoms with Gasteiger partial charge >= 0.3 is 0 Å². The van der Waals surface area contributed by atoms with E-state index in [0.717, 1.165) is 0 Å². The maximum absolute atomic E-state index is 13.6. The van der Waals surface area contributed by atoms with Gasteiger partial charge in [-0.05, 0) is 17.7 Å². The summed E-state index contributed by atoms with van der Waals surface area (Å²) < 4.78 is 13.6. The normalized spacial score (nSPS) is 10.6. The Labute approximate surface area is 108 Å². The highest BCUT2D eigenvalue weighted by Gasteiger charge is 2.12. The standard InChI is InChI=1S/C12H8Cl2FNO/c13-10-3-1-2-8(11(10)14)9-4-7(6-17)5-16-12(9)15/h1-5,17H,6H2. The highest BCUT2D eigenvalue weighted by molar-refractivity contribution is 6.43. The van der Waals surface area contributed by atoms with Gasteiger partial charge in [-0.15, -0.1) is 0 Å². The van der Waals surface area contributed by atoms with Gasteiger partial charge in [0.05, 0.1) is 16.7 Å². The molecule has 0 aliphatic heterocycles. The molecular formula is C12H8Cl2FNO. The lowest BCUT2D eigenvalue weighted by molar-refractivity contribution is 0.281. The third-order valence-corrected chi connectivity index (χ3v) is 3.14. The van der Waals surface area contributed by atoms with Crippen LogP contribution in [0, 0.1) is 5.95 Å². The average molecular weight is 272 g/mol. The van der Waals surface area contributed by atoms with E-state index >= 15 is 0 Å². The molecule has 1 N–H and O–H groups in total. The van der Waals surface area contributed by atoms with Crippen LogP contribution in [0.15, 0.2) is 30.5 Å². The number of pyridine rings is 1. The van der Waals surface area contributed by atoms with Gasteiger partial charge in [0.15, 0.2) is 0 Å². The van der Waals surface area contributed by atoms with Crippen molar-refractivity contribution >= 4 is 23.2 Å². The van der Waals surface area contributed by atoms with Crippen molar-refractivity contribution in [1.29, 1.82) is 0 Å². The van der Waals surface area contributed by atoms with Crippen LogP contribution in [0.5, 0.6) is 0 Å². The molecule has 0 unspecified atom stereocenters. The fourth-order valence-corrected chi connectivity index (χ4v) is 1.88. The van der Waals surface area contributed by atoms with E-state index in [9.17, 15) is 4.39 Å². The molecule has 17 heavy (non-hydrogen) atoms. The van der Waals surface area contributed by atoms with Crippen molar-refractivity contribution in [2.45, 2.75) is 6.61 Å². The second-order valence-electron chi connectivity index (χ2n) is 3.44. The summed E-state index contributed by atoms with van der Waals surface area (Å²) in [5, 5.41) is 9.62. The van der Waals surface area contributed by atoms with Crippen LogP contribution in [-0.4, -0.2) is 10.1 Å². The number of halogens is 3. The number of aliphatic hydroxyl groups is 1. The fourth-order valence-electron chi connectivity index (χ4n) is 1.48. The number of rotatable bonds is 2. The van der Waals surface area contributed by atoms with E-state index < -0.39 is 5.95 Å². The van der Waals surface area contributed by atoms with Gasteiger partial charge in [0, 0.05) is 17.3 Å². The molecule has 1 aromatic carbocycles. The van der Waals surface area contributed by atoms with E-state index in [-0.39, 0.29) is 17.2 Å². The minimum atomic E-state index is -0.647. The lowest BCUT2D eigenvalue weighted by atomic mass is 10.1. The summed E-state index contributed by atoms with van der Waals surface area (Å²) in [7, 11) is 0. The SMILES string of the molecule is OCc1cnc(F)c(-c2cccc(Cl)c2Cl)c1. The van der Waals surface area contributed by atoms with E-state index in [2.05, 4.69) is 4.98 Å². The van der Waals surface area contributed by atoms with E-state index in [1.165, 1.54) is 12.3 Å². The molecule has 2 rings (SSSR count). The monoisotopic (exact) mass is 271 g/mol. The molecule has 0 spiro atoms. The zero-order valence-electron chi connectivity index (χ0n) is 8.62. The van der Waals surface area contributed by atoms with E-state index in [1.807, 2.05) is 0 Å². The molecular weight excluding hydrogens is 264 g/mol. The number of benzene rings is 1. The van der Waals surface area contributed by atoms with Gasteiger partial charge < -0.3 is 5.11 Å². The quantitative estimate of drug-likeness (QED) is 0.846. The number of hydrogen-bond donors (Lipinski definition) is 1. The van der Waals surface area contributed by atoms with Crippen LogP contribution in [0.25, 0.3) is 11.1 Å². The summed E-state index contributed by atoms with van der Waals surface area (Å²) in [5.74, 6) is -0.647.